The maximum Gasteiger partial charge on any atom is 0.0728 e. The molecule has 4 aromatic rings. The lowest BCUT2D eigenvalue weighted by Gasteiger charge is -2.31. The summed E-state index contributed by atoms with van der Waals surface area (Å²) in [6, 6.07) is 31.7. The minimum Gasteiger partial charge on any atom is -0.0619 e. The summed E-state index contributed by atoms with van der Waals surface area (Å²) >= 11 is 0. The zero-order valence-corrected chi connectivity index (χ0v) is 15.6. The van der Waals surface area contributed by atoms with Gasteiger partial charge < -0.3 is 0 Å². The quantitative estimate of drug-likeness (QED) is 0.289. The fourth-order valence-corrected chi connectivity index (χ4v) is 5.53. The second-order valence-electron chi connectivity index (χ2n) is 7.89. The lowest BCUT2D eigenvalue weighted by Crippen LogP contribution is -2.26. The molecule has 0 fully saturated rings. The second-order valence-corrected chi connectivity index (χ2v) is 7.89. The predicted octanol–water partition coefficient (Wildman–Crippen LogP) is 6.65. The highest BCUT2D eigenvalue weighted by Crippen LogP contribution is 2.63. The van der Waals surface area contributed by atoms with Crippen molar-refractivity contribution >= 4 is 0 Å². The van der Waals surface area contributed by atoms with Crippen LogP contribution in [0.4, 0.5) is 0 Å². The van der Waals surface area contributed by atoms with Crippen molar-refractivity contribution in [3.63, 3.8) is 0 Å². The number of aryl methyl sites for hydroxylation is 2. The van der Waals surface area contributed by atoms with Crippen LogP contribution in [0.1, 0.15) is 33.4 Å². The van der Waals surface area contributed by atoms with E-state index >= 15 is 0 Å². The van der Waals surface area contributed by atoms with Crippen molar-refractivity contribution in [1.29, 1.82) is 0 Å². The Bertz CT molecular complexity index is 1200. The first-order chi connectivity index (χ1) is 13.2. The van der Waals surface area contributed by atoms with Crippen molar-refractivity contribution < 1.29 is 0 Å². The number of benzene rings is 4. The van der Waals surface area contributed by atoms with E-state index in [0.717, 1.165) is 0 Å². The molecule has 0 nitrogen and oxygen atoms in total. The molecule has 0 amide bonds. The Labute approximate surface area is 160 Å². The predicted molar refractivity (Wildman–Crippen MR) is 112 cm³/mol. The summed E-state index contributed by atoms with van der Waals surface area (Å²) in [6.07, 6.45) is 0. The monoisotopic (exact) mass is 344 g/mol. The molecule has 0 N–H and O–H groups in total. The summed E-state index contributed by atoms with van der Waals surface area (Å²) in [5.74, 6) is 0. The molecule has 4 aromatic carbocycles. The highest BCUT2D eigenvalue weighted by molar-refractivity contribution is 5.95. The van der Waals surface area contributed by atoms with E-state index in [1.165, 1.54) is 55.6 Å². The molecule has 27 heavy (non-hydrogen) atoms. The van der Waals surface area contributed by atoms with Crippen molar-refractivity contribution in [2.75, 3.05) is 0 Å². The van der Waals surface area contributed by atoms with Gasteiger partial charge in [0.15, 0.2) is 0 Å². The Morgan fingerprint density at radius 1 is 0.519 bits per heavy atom. The summed E-state index contributed by atoms with van der Waals surface area (Å²) in [5.41, 5.74) is 13.7. The molecule has 128 valence electrons. The Morgan fingerprint density at radius 3 is 1.81 bits per heavy atom. The third kappa shape index (κ3) is 1.64. The molecule has 1 spiro atoms. The fraction of sp³-hybridized carbons (Fsp3) is 0.111. The van der Waals surface area contributed by atoms with Gasteiger partial charge in [-0.05, 0) is 63.9 Å². The number of hydrogen-bond donors (Lipinski definition) is 0. The molecule has 0 heteroatoms. The van der Waals surface area contributed by atoms with Crippen molar-refractivity contribution in [2.45, 2.75) is 19.3 Å². The van der Waals surface area contributed by atoms with Gasteiger partial charge in [-0.25, -0.2) is 0 Å². The van der Waals surface area contributed by atoms with Crippen LogP contribution in [-0.2, 0) is 5.41 Å². The lowest BCUT2D eigenvalue weighted by molar-refractivity contribution is 0.786. The van der Waals surface area contributed by atoms with E-state index < -0.39 is 0 Å². The van der Waals surface area contributed by atoms with Crippen LogP contribution in [0.3, 0.4) is 0 Å². The SMILES string of the molecule is Cc1ccc2c(c1)-c1cccc(C)c1C21c2ccccc2-c2ccccc21. The van der Waals surface area contributed by atoms with E-state index in [9.17, 15) is 0 Å². The molecule has 0 atom stereocenters. The molecule has 0 radical (unpaired) electrons. The normalized spacial score (nSPS) is 14.6. The number of rotatable bonds is 0. The highest BCUT2D eigenvalue weighted by Gasteiger charge is 2.52. The molecule has 0 aromatic heterocycles. The van der Waals surface area contributed by atoms with Gasteiger partial charge in [0.1, 0.15) is 0 Å². The van der Waals surface area contributed by atoms with Crippen LogP contribution in [0, 0.1) is 13.8 Å². The minimum atomic E-state index is -0.198. The summed E-state index contributed by atoms with van der Waals surface area (Å²) in [6.45, 7) is 4.46. The Morgan fingerprint density at radius 2 is 1.11 bits per heavy atom. The van der Waals surface area contributed by atoms with Gasteiger partial charge in [-0.3, -0.25) is 0 Å². The molecule has 0 aliphatic heterocycles. The highest BCUT2D eigenvalue weighted by atomic mass is 14.5. The summed E-state index contributed by atoms with van der Waals surface area (Å²) in [5, 5.41) is 0. The molecule has 0 saturated heterocycles. The largest absolute Gasteiger partial charge is 0.0728 e. The molecule has 0 bridgehead atoms. The maximum atomic E-state index is 2.37. The first-order valence-electron chi connectivity index (χ1n) is 9.64. The topological polar surface area (TPSA) is 0 Å². The van der Waals surface area contributed by atoms with Crippen molar-refractivity contribution in [3.8, 4) is 22.3 Å². The first kappa shape index (κ1) is 15.0. The molecule has 0 unspecified atom stereocenters. The van der Waals surface area contributed by atoms with Crippen molar-refractivity contribution in [1.82, 2.24) is 0 Å². The third-order valence-electron chi connectivity index (χ3n) is 6.47. The van der Waals surface area contributed by atoms with E-state index in [2.05, 4.69) is 98.8 Å². The zero-order valence-electron chi connectivity index (χ0n) is 15.6. The van der Waals surface area contributed by atoms with Crippen LogP contribution in [0.25, 0.3) is 22.3 Å². The smallest absolute Gasteiger partial charge is 0.0619 e. The van der Waals surface area contributed by atoms with Crippen molar-refractivity contribution in [3.05, 3.63) is 118 Å². The van der Waals surface area contributed by atoms with Crippen LogP contribution in [0.15, 0.2) is 84.9 Å². The Hall–Kier alpha value is -3.12. The van der Waals surface area contributed by atoms with Crippen LogP contribution < -0.4 is 0 Å². The van der Waals surface area contributed by atoms with E-state index in [4.69, 9.17) is 0 Å². The average Bonchev–Trinajstić information content (AvgIpc) is 3.16. The molecule has 0 saturated carbocycles. The zero-order chi connectivity index (χ0) is 18.2. The van der Waals surface area contributed by atoms with E-state index in [1.54, 1.807) is 0 Å². The Balaban J connectivity index is 1.89. The molecule has 0 heterocycles. The minimum absolute atomic E-state index is 0.198. The molecule has 6 rings (SSSR count). The van der Waals surface area contributed by atoms with Gasteiger partial charge >= 0.3 is 0 Å². The average molecular weight is 344 g/mol. The van der Waals surface area contributed by atoms with Gasteiger partial charge in [0.2, 0.25) is 0 Å². The standard InChI is InChI=1S/C27H20/c1-17-14-15-25-22(16-17)21-11-7-8-18(2)26(21)27(25)23-12-5-3-9-19(23)20-10-4-6-13-24(20)27/h3-16H,1-2H3. The summed E-state index contributed by atoms with van der Waals surface area (Å²) in [7, 11) is 0. The van der Waals surface area contributed by atoms with Crippen LogP contribution in [0.2, 0.25) is 0 Å². The summed E-state index contributed by atoms with van der Waals surface area (Å²) < 4.78 is 0. The van der Waals surface area contributed by atoms with Gasteiger partial charge in [-0.1, -0.05) is 90.5 Å². The molecular weight excluding hydrogens is 324 g/mol. The van der Waals surface area contributed by atoms with Gasteiger partial charge in [-0.2, -0.15) is 0 Å². The van der Waals surface area contributed by atoms with Gasteiger partial charge in [0.05, 0.1) is 5.41 Å². The van der Waals surface area contributed by atoms with Crippen LogP contribution in [-0.4, -0.2) is 0 Å². The Kier molecular flexibility index (Phi) is 2.77. The molecule has 2 aliphatic rings. The number of hydrogen-bond acceptors (Lipinski definition) is 0. The molecule has 2 aliphatic carbocycles. The van der Waals surface area contributed by atoms with Crippen LogP contribution >= 0.6 is 0 Å². The number of fused-ring (bicyclic) bond motifs is 10. The van der Waals surface area contributed by atoms with Crippen LogP contribution in [0.5, 0.6) is 0 Å². The van der Waals surface area contributed by atoms with E-state index in [-0.39, 0.29) is 5.41 Å². The van der Waals surface area contributed by atoms with Gasteiger partial charge in [0, 0.05) is 0 Å². The first-order valence-corrected chi connectivity index (χ1v) is 9.64. The van der Waals surface area contributed by atoms with E-state index in [0.29, 0.717) is 0 Å². The second kappa shape index (κ2) is 4.98. The van der Waals surface area contributed by atoms with E-state index in [1.807, 2.05) is 0 Å². The maximum absolute atomic E-state index is 2.37. The van der Waals surface area contributed by atoms with Crippen molar-refractivity contribution in [2.24, 2.45) is 0 Å². The van der Waals surface area contributed by atoms with Gasteiger partial charge in [0.25, 0.3) is 0 Å². The third-order valence-corrected chi connectivity index (χ3v) is 6.47. The lowest BCUT2D eigenvalue weighted by atomic mass is 9.69. The van der Waals surface area contributed by atoms with Gasteiger partial charge in [-0.15, -0.1) is 0 Å². The molecular formula is C27H20. The fourth-order valence-electron chi connectivity index (χ4n) is 5.53. The summed E-state index contributed by atoms with van der Waals surface area (Å²) in [4.78, 5) is 0.